The van der Waals surface area contributed by atoms with E-state index < -0.39 is 0 Å². The van der Waals surface area contributed by atoms with E-state index >= 15 is 0 Å². The van der Waals surface area contributed by atoms with Gasteiger partial charge in [-0.05, 0) is 25.5 Å². The fraction of sp³-hybridized carbons (Fsp3) is 0.650. The molecule has 6 heteroatoms. The summed E-state index contributed by atoms with van der Waals surface area (Å²) in [5.41, 5.74) is 1.13. The molecule has 0 saturated carbocycles. The first-order valence-corrected chi connectivity index (χ1v) is 9.71. The van der Waals surface area contributed by atoms with Crippen molar-refractivity contribution in [1.82, 2.24) is 15.1 Å². The van der Waals surface area contributed by atoms with E-state index in [1.165, 1.54) is 0 Å². The Morgan fingerprint density at radius 2 is 2.08 bits per heavy atom. The van der Waals surface area contributed by atoms with Gasteiger partial charge in [0.05, 0.1) is 13.2 Å². The van der Waals surface area contributed by atoms with Gasteiger partial charge in [0.1, 0.15) is 11.9 Å². The van der Waals surface area contributed by atoms with E-state index in [9.17, 15) is 4.79 Å². The lowest BCUT2D eigenvalue weighted by atomic mass is 10.0. The fourth-order valence-corrected chi connectivity index (χ4v) is 3.86. The van der Waals surface area contributed by atoms with Gasteiger partial charge in [0.15, 0.2) is 0 Å². The van der Waals surface area contributed by atoms with Crippen LogP contribution in [0.1, 0.15) is 31.4 Å². The molecule has 0 bridgehead atoms. The summed E-state index contributed by atoms with van der Waals surface area (Å²) >= 11 is 0. The molecule has 2 fully saturated rings. The highest BCUT2D eigenvalue weighted by Gasteiger charge is 2.29. The highest BCUT2D eigenvalue weighted by molar-refractivity contribution is 5.81. The number of amides is 1. The van der Waals surface area contributed by atoms with Gasteiger partial charge in [0.25, 0.3) is 0 Å². The number of methoxy groups -OCH3 is 1. The highest BCUT2D eigenvalue weighted by Crippen LogP contribution is 2.29. The maximum atomic E-state index is 12.4. The average Bonchev–Trinajstić information content (AvgIpc) is 3.24. The smallest absolute Gasteiger partial charge is 0.249 e. The molecule has 0 radical (unpaired) electrons. The van der Waals surface area contributed by atoms with Gasteiger partial charge >= 0.3 is 0 Å². The maximum Gasteiger partial charge on any atom is 0.249 e. The van der Waals surface area contributed by atoms with Gasteiger partial charge in [-0.2, -0.15) is 0 Å². The van der Waals surface area contributed by atoms with Crippen LogP contribution < -0.4 is 10.1 Å². The molecular weight excluding hydrogens is 330 g/mol. The summed E-state index contributed by atoms with van der Waals surface area (Å²) in [4.78, 5) is 17.3. The zero-order chi connectivity index (χ0) is 18.4. The summed E-state index contributed by atoms with van der Waals surface area (Å²) in [5.74, 6) is 0.886. The van der Waals surface area contributed by atoms with Gasteiger partial charge in [-0.3, -0.25) is 9.69 Å². The molecule has 2 aliphatic rings. The Balaban J connectivity index is 1.72. The zero-order valence-corrected chi connectivity index (χ0v) is 15.9. The minimum Gasteiger partial charge on any atom is -0.496 e. The quantitative estimate of drug-likeness (QED) is 0.801. The van der Waals surface area contributed by atoms with Gasteiger partial charge in [-0.1, -0.05) is 25.1 Å². The molecule has 1 amide bonds. The lowest BCUT2D eigenvalue weighted by molar-refractivity contribution is -0.130. The molecule has 1 aromatic rings. The van der Waals surface area contributed by atoms with Crippen LogP contribution in [0.2, 0.25) is 0 Å². The van der Waals surface area contributed by atoms with Crippen molar-refractivity contribution in [1.29, 1.82) is 0 Å². The van der Waals surface area contributed by atoms with Gasteiger partial charge in [-0.15, -0.1) is 0 Å². The second-order valence-electron chi connectivity index (χ2n) is 6.97. The molecular formula is C20H31N3O3. The van der Waals surface area contributed by atoms with Crippen molar-refractivity contribution in [2.24, 2.45) is 0 Å². The van der Waals surface area contributed by atoms with Crippen molar-refractivity contribution < 1.29 is 14.3 Å². The third-order valence-electron chi connectivity index (χ3n) is 5.48. The van der Waals surface area contributed by atoms with Crippen LogP contribution in [0.5, 0.6) is 5.75 Å². The van der Waals surface area contributed by atoms with E-state index in [1.807, 2.05) is 18.2 Å². The van der Waals surface area contributed by atoms with Crippen molar-refractivity contribution in [2.45, 2.75) is 31.9 Å². The number of rotatable bonds is 7. The van der Waals surface area contributed by atoms with Gasteiger partial charge in [-0.25, -0.2) is 0 Å². The Morgan fingerprint density at radius 1 is 1.31 bits per heavy atom. The molecule has 6 nitrogen and oxygen atoms in total. The molecule has 0 spiro atoms. The van der Waals surface area contributed by atoms with Gasteiger partial charge in [0.2, 0.25) is 5.91 Å². The molecule has 2 saturated heterocycles. The van der Waals surface area contributed by atoms with E-state index in [4.69, 9.17) is 9.47 Å². The largest absolute Gasteiger partial charge is 0.496 e. The Hall–Kier alpha value is -1.63. The van der Waals surface area contributed by atoms with Crippen molar-refractivity contribution in [2.75, 3.05) is 53.0 Å². The number of hydrogen-bond acceptors (Lipinski definition) is 5. The van der Waals surface area contributed by atoms with E-state index in [1.54, 1.807) is 7.11 Å². The summed E-state index contributed by atoms with van der Waals surface area (Å²) in [6.45, 7) is 8.65. The van der Waals surface area contributed by atoms with Crippen LogP contribution in [0.15, 0.2) is 24.3 Å². The molecule has 1 aromatic carbocycles. The summed E-state index contributed by atoms with van der Waals surface area (Å²) in [6.07, 6.45) is 1.50. The van der Waals surface area contributed by atoms with Crippen LogP contribution >= 0.6 is 0 Å². The lowest BCUT2D eigenvalue weighted by Crippen LogP contribution is -2.50. The van der Waals surface area contributed by atoms with Gasteiger partial charge < -0.3 is 19.7 Å². The molecule has 1 N–H and O–H groups in total. The number of para-hydroxylation sites is 1. The maximum absolute atomic E-state index is 12.4. The Morgan fingerprint density at radius 3 is 2.73 bits per heavy atom. The van der Waals surface area contributed by atoms with Crippen LogP contribution in [0.25, 0.3) is 0 Å². The molecule has 2 heterocycles. The summed E-state index contributed by atoms with van der Waals surface area (Å²) < 4.78 is 11.1. The van der Waals surface area contributed by atoms with Crippen LogP contribution in [0, 0.1) is 0 Å². The minimum atomic E-state index is -0.287. The van der Waals surface area contributed by atoms with Crippen LogP contribution in [-0.2, 0) is 9.53 Å². The summed E-state index contributed by atoms with van der Waals surface area (Å²) in [5, 5.41) is 3.12. The first kappa shape index (κ1) is 19.1. The standard InChI is InChI=1S/C20H31N3O3/c1-3-22-10-12-23(13-11-22)17(16-7-4-5-8-18(16)25-2)15-21-20(24)19-9-6-14-26-19/h4-5,7-8,17,19H,3,6,9-15H2,1-2H3,(H,21,24). The minimum absolute atomic E-state index is 0.00888. The van der Waals surface area contributed by atoms with E-state index in [0.29, 0.717) is 13.2 Å². The molecule has 0 aromatic heterocycles. The third-order valence-corrected chi connectivity index (χ3v) is 5.48. The molecule has 0 aliphatic carbocycles. The number of piperazine rings is 1. The lowest BCUT2D eigenvalue weighted by Gasteiger charge is -2.39. The first-order valence-electron chi connectivity index (χ1n) is 9.71. The third kappa shape index (κ3) is 4.55. The number of likely N-dealkylation sites (N-methyl/N-ethyl adjacent to an activating group) is 1. The molecule has 2 atom stereocenters. The second-order valence-corrected chi connectivity index (χ2v) is 6.97. The van der Waals surface area contributed by atoms with Gasteiger partial charge in [0, 0.05) is 44.9 Å². The molecule has 2 aliphatic heterocycles. The van der Waals surface area contributed by atoms with E-state index in [0.717, 1.165) is 56.9 Å². The second kappa shape index (κ2) is 9.35. The topological polar surface area (TPSA) is 54.0 Å². The van der Waals surface area contributed by atoms with Crippen molar-refractivity contribution in [3.05, 3.63) is 29.8 Å². The van der Waals surface area contributed by atoms with Crippen LogP contribution in [-0.4, -0.2) is 74.8 Å². The molecule has 3 rings (SSSR count). The number of carbonyl (C=O) groups is 1. The number of hydrogen-bond donors (Lipinski definition) is 1. The number of nitrogens with one attached hydrogen (secondary N) is 1. The van der Waals surface area contributed by atoms with E-state index in [-0.39, 0.29) is 18.1 Å². The first-order chi connectivity index (χ1) is 12.7. The Kier molecular flexibility index (Phi) is 6.88. The molecule has 144 valence electrons. The molecule has 26 heavy (non-hydrogen) atoms. The van der Waals surface area contributed by atoms with Crippen molar-refractivity contribution in [3.8, 4) is 5.75 Å². The predicted molar refractivity (Wildman–Crippen MR) is 101 cm³/mol. The van der Waals surface area contributed by atoms with Crippen molar-refractivity contribution >= 4 is 5.91 Å². The SMILES string of the molecule is CCN1CCN(C(CNC(=O)C2CCCO2)c2ccccc2OC)CC1. The van der Waals surface area contributed by atoms with Crippen molar-refractivity contribution in [3.63, 3.8) is 0 Å². The zero-order valence-electron chi connectivity index (χ0n) is 15.9. The summed E-state index contributed by atoms with van der Waals surface area (Å²) in [7, 11) is 1.70. The summed E-state index contributed by atoms with van der Waals surface area (Å²) in [6, 6.07) is 8.23. The average molecular weight is 361 g/mol. The number of carbonyl (C=O) groups excluding carboxylic acids is 1. The predicted octanol–water partition coefficient (Wildman–Crippen LogP) is 1.67. The van der Waals surface area contributed by atoms with Crippen LogP contribution in [0.3, 0.4) is 0 Å². The molecule has 2 unspecified atom stereocenters. The number of benzene rings is 1. The fourth-order valence-electron chi connectivity index (χ4n) is 3.86. The Bertz CT molecular complexity index is 581. The number of nitrogens with zero attached hydrogens (tertiary/aromatic N) is 2. The highest BCUT2D eigenvalue weighted by atomic mass is 16.5. The number of ether oxygens (including phenoxy) is 2. The Labute approximate surface area is 156 Å². The normalized spacial score (nSPS) is 22.9. The van der Waals surface area contributed by atoms with Crippen LogP contribution in [0.4, 0.5) is 0 Å². The monoisotopic (exact) mass is 361 g/mol. The van der Waals surface area contributed by atoms with E-state index in [2.05, 4.69) is 28.1 Å².